The molecule has 1 aromatic heterocycles. The molecule has 1 saturated carbocycles. The normalized spacial score (nSPS) is 32.1. The smallest absolute Gasteiger partial charge is 0.230 e. The van der Waals surface area contributed by atoms with Crippen molar-refractivity contribution in [3.63, 3.8) is 0 Å². The van der Waals surface area contributed by atoms with Crippen molar-refractivity contribution in [2.45, 2.75) is 57.1 Å². The maximum atomic E-state index is 13.3. The zero-order chi connectivity index (χ0) is 18.1. The van der Waals surface area contributed by atoms with Gasteiger partial charge < -0.3 is 14.9 Å². The molecule has 3 fully saturated rings. The Labute approximate surface area is 154 Å². The fourth-order valence-electron chi connectivity index (χ4n) is 4.99. The highest BCUT2D eigenvalue weighted by atomic mass is 16.3. The zero-order valence-electron chi connectivity index (χ0n) is 15.1. The molecule has 138 valence electrons. The van der Waals surface area contributed by atoms with Gasteiger partial charge in [0, 0.05) is 31.9 Å². The molecule has 4 rings (SSSR count). The fraction of sp³-hybridized carbons (Fsp3) is 0.650. The largest absolute Gasteiger partial charge is 0.393 e. The molecule has 1 atom stereocenters. The number of likely N-dealkylation sites (tertiary alicyclic amines) is 1. The quantitative estimate of drug-likeness (QED) is 0.879. The number of hydrogen-bond donors (Lipinski definition) is 1. The highest BCUT2D eigenvalue weighted by Crippen LogP contribution is 2.43. The van der Waals surface area contributed by atoms with Gasteiger partial charge in [-0.15, -0.1) is 0 Å². The Hall–Kier alpha value is -2.13. The summed E-state index contributed by atoms with van der Waals surface area (Å²) in [7, 11) is 0. The minimum Gasteiger partial charge on any atom is -0.393 e. The lowest BCUT2D eigenvalue weighted by atomic mass is 9.78. The highest BCUT2D eigenvalue weighted by molar-refractivity contribution is 5.86. The Kier molecular flexibility index (Phi) is 4.58. The van der Waals surface area contributed by atoms with Gasteiger partial charge in [0.1, 0.15) is 11.9 Å². The van der Waals surface area contributed by atoms with Crippen molar-refractivity contribution in [2.75, 3.05) is 24.5 Å². The minimum atomic E-state index is -0.335. The number of anilines is 1. The summed E-state index contributed by atoms with van der Waals surface area (Å²) in [5, 5.41) is 19.1. The number of piperidine rings is 1. The zero-order valence-corrected chi connectivity index (χ0v) is 15.1. The molecule has 6 heteroatoms. The van der Waals surface area contributed by atoms with Crippen LogP contribution in [-0.4, -0.2) is 52.7 Å². The van der Waals surface area contributed by atoms with Crippen molar-refractivity contribution >= 4 is 11.7 Å². The number of rotatable bonds is 2. The van der Waals surface area contributed by atoms with Gasteiger partial charge in [-0.25, -0.2) is 4.98 Å². The van der Waals surface area contributed by atoms with Gasteiger partial charge in [0.25, 0.3) is 0 Å². The predicted molar refractivity (Wildman–Crippen MR) is 97.4 cm³/mol. The second-order valence-corrected chi connectivity index (χ2v) is 8.00. The number of aliphatic hydroxyl groups is 1. The van der Waals surface area contributed by atoms with Crippen molar-refractivity contribution in [3.8, 4) is 6.07 Å². The molecule has 1 N–H and O–H groups in total. The van der Waals surface area contributed by atoms with Gasteiger partial charge in [0.05, 0.1) is 17.1 Å². The van der Waals surface area contributed by atoms with Gasteiger partial charge in [-0.1, -0.05) is 0 Å². The molecule has 1 aliphatic carbocycles. The van der Waals surface area contributed by atoms with E-state index >= 15 is 0 Å². The fourth-order valence-corrected chi connectivity index (χ4v) is 4.99. The van der Waals surface area contributed by atoms with E-state index < -0.39 is 0 Å². The SMILES string of the molecule is N#Cc1cccnc1N1CCC[C@@]2(CCN(C3CCC(O)CC3)C2=O)C1. The molecule has 6 nitrogen and oxygen atoms in total. The summed E-state index contributed by atoms with van der Waals surface area (Å²) in [6, 6.07) is 6.08. The molecule has 2 saturated heterocycles. The van der Waals surface area contributed by atoms with Crippen LogP contribution < -0.4 is 4.90 Å². The maximum Gasteiger partial charge on any atom is 0.230 e. The number of amides is 1. The lowest BCUT2D eigenvalue weighted by Gasteiger charge is -2.41. The summed E-state index contributed by atoms with van der Waals surface area (Å²) in [4.78, 5) is 22.0. The second-order valence-electron chi connectivity index (χ2n) is 8.00. The molecule has 1 spiro atoms. The van der Waals surface area contributed by atoms with Crippen LogP contribution in [0.5, 0.6) is 0 Å². The Morgan fingerprint density at radius 3 is 2.81 bits per heavy atom. The molecule has 3 aliphatic rings. The summed E-state index contributed by atoms with van der Waals surface area (Å²) in [5.74, 6) is 0.985. The summed E-state index contributed by atoms with van der Waals surface area (Å²) in [6.45, 7) is 2.32. The van der Waals surface area contributed by atoms with E-state index in [2.05, 4.69) is 20.9 Å². The number of nitrogens with zero attached hydrogens (tertiary/aromatic N) is 4. The van der Waals surface area contributed by atoms with Gasteiger partial charge in [0.15, 0.2) is 0 Å². The molecule has 3 heterocycles. The number of aromatic nitrogens is 1. The Morgan fingerprint density at radius 2 is 2.04 bits per heavy atom. The van der Waals surface area contributed by atoms with Gasteiger partial charge in [0.2, 0.25) is 5.91 Å². The summed E-state index contributed by atoms with van der Waals surface area (Å²) in [5.41, 5.74) is 0.242. The van der Waals surface area contributed by atoms with Crippen LogP contribution in [0.25, 0.3) is 0 Å². The minimum absolute atomic E-state index is 0.198. The topological polar surface area (TPSA) is 80.5 Å². The molecule has 26 heavy (non-hydrogen) atoms. The number of hydrogen-bond acceptors (Lipinski definition) is 5. The molecular formula is C20H26N4O2. The van der Waals surface area contributed by atoms with E-state index in [-0.39, 0.29) is 23.5 Å². The molecule has 0 aromatic carbocycles. The standard InChI is InChI=1S/C20H26N4O2/c21-13-15-3-1-10-22-18(15)23-11-2-8-20(14-23)9-12-24(19(20)26)16-4-6-17(25)7-5-16/h1,3,10,16-17,25H,2,4-9,11-12,14H2/t16?,17?,20-/m1/s1. The van der Waals surface area contributed by atoms with Crippen LogP contribution in [0.4, 0.5) is 5.82 Å². The molecule has 2 aliphatic heterocycles. The second kappa shape index (κ2) is 6.88. The third-order valence-corrected chi connectivity index (χ3v) is 6.44. The van der Waals surface area contributed by atoms with Crippen molar-refractivity contribution in [2.24, 2.45) is 5.41 Å². The van der Waals surface area contributed by atoms with E-state index in [9.17, 15) is 15.2 Å². The highest BCUT2D eigenvalue weighted by Gasteiger charge is 2.50. The maximum absolute atomic E-state index is 13.3. The van der Waals surface area contributed by atoms with E-state index in [1.54, 1.807) is 18.3 Å². The van der Waals surface area contributed by atoms with Gasteiger partial charge >= 0.3 is 0 Å². The molecular weight excluding hydrogens is 328 g/mol. The van der Waals surface area contributed by atoms with Gasteiger partial charge in [-0.3, -0.25) is 4.79 Å². The number of nitriles is 1. The number of aliphatic hydroxyl groups excluding tert-OH is 1. The van der Waals surface area contributed by atoms with E-state index in [0.717, 1.165) is 58.0 Å². The van der Waals surface area contributed by atoms with E-state index in [1.165, 1.54) is 0 Å². The monoisotopic (exact) mass is 354 g/mol. The first-order valence-electron chi connectivity index (χ1n) is 9.72. The average molecular weight is 354 g/mol. The molecule has 0 bridgehead atoms. The molecule has 1 amide bonds. The molecule has 0 radical (unpaired) electrons. The number of carbonyl (C=O) groups is 1. The van der Waals surface area contributed by atoms with Crippen molar-refractivity contribution in [1.82, 2.24) is 9.88 Å². The van der Waals surface area contributed by atoms with Crippen LogP contribution in [0.3, 0.4) is 0 Å². The van der Waals surface area contributed by atoms with Crippen LogP contribution in [0, 0.1) is 16.7 Å². The van der Waals surface area contributed by atoms with Crippen molar-refractivity contribution in [3.05, 3.63) is 23.9 Å². The van der Waals surface area contributed by atoms with Crippen LogP contribution in [-0.2, 0) is 4.79 Å². The number of carbonyl (C=O) groups excluding carboxylic acids is 1. The summed E-state index contributed by atoms with van der Waals surface area (Å²) < 4.78 is 0. The lowest BCUT2D eigenvalue weighted by molar-refractivity contribution is -0.139. The Balaban J connectivity index is 1.52. The first-order valence-corrected chi connectivity index (χ1v) is 9.72. The van der Waals surface area contributed by atoms with E-state index in [4.69, 9.17) is 0 Å². The van der Waals surface area contributed by atoms with Crippen LogP contribution in [0.15, 0.2) is 18.3 Å². The first-order chi connectivity index (χ1) is 12.6. The van der Waals surface area contributed by atoms with E-state index in [1.807, 2.05) is 0 Å². The molecule has 0 unspecified atom stereocenters. The summed E-state index contributed by atoms with van der Waals surface area (Å²) >= 11 is 0. The predicted octanol–water partition coefficient (Wildman–Crippen LogP) is 2.08. The van der Waals surface area contributed by atoms with Crippen LogP contribution in [0.1, 0.15) is 50.5 Å². The Bertz CT molecular complexity index is 723. The first kappa shape index (κ1) is 17.3. The Morgan fingerprint density at radius 1 is 1.23 bits per heavy atom. The third kappa shape index (κ3) is 2.95. The van der Waals surface area contributed by atoms with Crippen molar-refractivity contribution in [1.29, 1.82) is 5.26 Å². The van der Waals surface area contributed by atoms with Gasteiger partial charge in [-0.05, 0) is 57.1 Å². The van der Waals surface area contributed by atoms with Crippen molar-refractivity contribution < 1.29 is 9.90 Å². The van der Waals surface area contributed by atoms with Gasteiger partial charge in [-0.2, -0.15) is 5.26 Å². The van der Waals surface area contributed by atoms with E-state index in [0.29, 0.717) is 17.9 Å². The lowest BCUT2D eigenvalue weighted by Crippen LogP contribution is -2.50. The summed E-state index contributed by atoms with van der Waals surface area (Å²) in [6.07, 6.45) is 7.69. The van der Waals surface area contributed by atoms with Crippen LogP contribution >= 0.6 is 0 Å². The van der Waals surface area contributed by atoms with Crippen LogP contribution in [0.2, 0.25) is 0 Å². The average Bonchev–Trinajstić information content (AvgIpc) is 2.98. The molecule has 1 aromatic rings. The third-order valence-electron chi connectivity index (χ3n) is 6.44. The number of pyridine rings is 1.